The summed E-state index contributed by atoms with van der Waals surface area (Å²) in [7, 11) is 0. The standard InChI is InChI=1S/C24H23FN6OS/c1-16-20-22(31-11-9-30(10-12-31)19-7-3-2-6-18(19)25)28-15-29-24(20)33-21(16)23(32)27-14-17-5-4-8-26-13-17/h2-8,13,15H,9-12,14H2,1H3,(H,27,32). The van der Waals surface area contributed by atoms with Gasteiger partial charge in [-0.25, -0.2) is 14.4 Å². The molecule has 9 heteroatoms. The maximum Gasteiger partial charge on any atom is 0.261 e. The van der Waals surface area contributed by atoms with E-state index in [4.69, 9.17) is 0 Å². The molecule has 0 bridgehead atoms. The molecular weight excluding hydrogens is 439 g/mol. The Kier molecular flexibility index (Phi) is 5.87. The monoisotopic (exact) mass is 462 g/mol. The number of aromatic nitrogens is 3. The highest BCUT2D eigenvalue weighted by Crippen LogP contribution is 2.35. The van der Waals surface area contributed by atoms with Gasteiger partial charge < -0.3 is 15.1 Å². The molecule has 4 heterocycles. The van der Waals surface area contributed by atoms with Gasteiger partial charge in [-0.2, -0.15) is 0 Å². The molecule has 33 heavy (non-hydrogen) atoms. The number of nitrogens with one attached hydrogen (secondary N) is 1. The molecule has 5 rings (SSSR count). The van der Waals surface area contributed by atoms with Crippen LogP contribution in [0.1, 0.15) is 20.8 Å². The van der Waals surface area contributed by atoms with E-state index in [1.807, 2.05) is 31.2 Å². The number of carbonyl (C=O) groups excluding carboxylic acids is 1. The van der Waals surface area contributed by atoms with Crippen LogP contribution in [0.4, 0.5) is 15.9 Å². The molecule has 0 aliphatic carbocycles. The second-order valence-corrected chi connectivity index (χ2v) is 8.90. The van der Waals surface area contributed by atoms with E-state index in [9.17, 15) is 9.18 Å². The van der Waals surface area contributed by atoms with Gasteiger partial charge in [-0.05, 0) is 36.2 Å². The van der Waals surface area contributed by atoms with Crippen molar-refractivity contribution in [2.75, 3.05) is 36.0 Å². The number of fused-ring (bicyclic) bond motifs is 1. The van der Waals surface area contributed by atoms with Crippen molar-refractivity contribution in [3.8, 4) is 0 Å². The van der Waals surface area contributed by atoms with Gasteiger partial charge in [0.05, 0.1) is 16.0 Å². The quantitative estimate of drug-likeness (QED) is 0.487. The summed E-state index contributed by atoms with van der Waals surface area (Å²) in [6.45, 7) is 5.15. The van der Waals surface area contributed by atoms with E-state index in [0.29, 0.717) is 43.3 Å². The summed E-state index contributed by atoms with van der Waals surface area (Å²) in [4.78, 5) is 31.7. The van der Waals surface area contributed by atoms with Gasteiger partial charge >= 0.3 is 0 Å². The maximum atomic E-state index is 14.2. The number of hydrogen-bond acceptors (Lipinski definition) is 7. The zero-order valence-corrected chi connectivity index (χ0v) is 19.0. The summed E-state index contributed by atoms with van der Waals surface area (Å²) < 4.78 is 14.2. The molecule has 1 amide bonds. The largest absolute Gasteiger partial charge is 0.366 e. The van der Waals surface area contributed by atoms with Gasteiger partial charge in [0.25, 0.3) is 5.91 Å². The number of nitrogens with zero attached hydrogens (tertiary/aromatic N) is 5. The lowest BCUT2D eigenvalue weighted by atomic mass is 10.1. The SMILES string of the molecule is Cc1c(C(=O)NCc2cccnc2)sc2ncnc(N3CCN(c4ccccc4F)CC3)c12. The first-order chi connectivity index (χ1) is 16.1. The third kappa shape index (κ3) is 4.23. The summed E-state index contributed by atoms with van der Waals surface area (Å²) in [5.41, 5.74) is 2.45. The number of aryl methyl sites for hydroxylation is 1. The van der Waals surface area contributed by atoms with Gasteiger partial charge in [0.2, 0.25) is 0 Å². The fourth-order valence-electron chi connectivity index (χ4n) is 4.14. The molecule has 3 aromatic heterocycles. The van der Waals surface area contributed by atoms with Crippen LogP contribution < -0.4 is 15.1 Å². The Hall–Kier alpha value is -3.59. The first-order valence-electron chi connectivity index (χ1n) is 10.8. The number of carbonyl (C=O) groups is 1. The van der Waals surface area contributed by atoms with Crippen molar-refractivity contribution in [2.45, 2.75) is 13.5 Å². The third-order valence-corrected chi connectivity index (χ3v) is 7.06. The topological polar surface area (TPSA) is 74.2 Å². The molecule has 1 aromatic carbocycles. The average Bonchev–Trinajstić information content (AvgIpc) is 3.20. The van der Waals surface area contributed by atoms with Gasteiger partial charge in [0.1, 0.15) is 22.8 Å². The van der Waals surface area contributed by atoms with Crippen molar-refractivity contribution in [3.63, 3.8) is 0 Å². The van der Waals surface area contributed by atoms with Crippen LogP contribution in [0.3, 0.4) is 0 Å². The smallest absolute Gasteiger partial charge is 0.261 e. The number of para-hydroxylation sites is 1. The van der Waals surface area contributed by atoms with E-state index < -0.39 is 0 Å². The lowest BCUT2D eigenvalue weighted by molar-refractivity contribution is 0.0954. The summed E-state index contributed by atoms with van der Waals surface area (Å²) in [6, 6.07) is 10.6. The maximum absolute atomic E-state index is 14.2. The molecule has 1 saturated heterocycles. The second-order valence-electron chi connectivity index (χ2n) is 7.90. The normalized spacial score (nSPS) is 14.0. The molecule has 7 nitrogen and oxygen atoms in total. The van der Waals surface area contributed by atoms with Crippen molar-refractivity contribution < 1.29 is 9.18 Å². The Balaban J connectivity index is 1.35. The number of anilines is 2. The summed E-state index contributed by atoms with van der Waals surface area (Å²) >= 11 is 1.38. The molecular formula is C24H23FN6OS. The number of halogens is 1. The first-order valence-corrected chi connectivity index (χ1v) is 11.6. The number of rotatable bonds is 5. The highest BCUT2D eigenvalue weighted by atomic mass is 32.1. The van der Waals surface area contributed by atoms with Crippen LogP contribution in [0.2, 0.25) is 0 Å². The van der Waals surface area contributed by atoms with E-state index in [0.717, 1.165) is 27.2 Å². The molecule has 168 valence electrons. The molecule has 0 unspecified atom stereocenters. The van der Waals surface area contributed by atoms with E-state index >= 15 is 0 Å². The average molecular weight is 463 g/mol. The number of pyridine rings is 1. The molecule has 0 radical (unpaired) electrons. The molecule has 1 aliphatic rings. The fourth-order valence-corrected chi connectivity index (χ4v) is 5.20. The van der Waals surface area contributed by atoms with Gasteiger partial charge in [-0.1, -0.05) is 18.2 Å². The summed E-state index contributed by atoms with van der Waals surface area (Å²) in [6.07, 6.45) is 4.99. The minimum absolute atomic E-state index is 0.130. The number of piperazine rings is 1. The van der Waals surface area contributed by atoms with Gasteiger partial charge in [-0.15, -0.1) is 11.3 Å². The fraction of sp³-hybridized carbons (Fsp3) is 0.250. The first kappa shape index (κ1) is 21.3. The minimum atomic E-state index is -0.203. The predicted octanol–water partition coefficient (Wildman–Crippen LogP) is 3.79. The molecule has 4 aromatic rings. The van der Waals surface area contributed by atoms with E-state index in [2.05, 4.69) is 30.1 Å². The molecule has 1 N–H and O–H groups in total. The number of benzene rings is 1. The lowest BCUT2D eigenvalue weighted by Crippen LogP contribution is -2.47. The van der Waals surface area contributed by atoms with Crippen LogP contribution in [0.25, 0.3) is 10.2 Å². The molecule has 0 saturated carbocycles. The number of thiophene rings is 1. The van der Waals surface area contributed by atoms with Crippen molar-refractivity contribution in [2.24, 2.45) is 0 Å². The highest BCUT2D eigenvalue weighted by Gasteiger charge is 2.25. The number of amides is 1. The Morgan fingerprint density at radius 1 is 1.09 bits per heavy atom. The van der Waals surface area contributed by atoms with Gasteiger partial charge in [0.15, 0.2) is 0 Å². The Morgan fingerprint density at radius 3 is 2.64 bits per heavy atom. The van der Waals surface area contributed by atoms with E-state index in [1.165, 1.54) is 17.4 Å². The third-order valence-electron chi connectivity index (χ3n) is 5.86. The zero-order chi connectivity index (χ0) is 22.8. The Labute approximate surface area is 194 Å². The van der Waals surface area contributed by atoms with Crippen molar-refractivity contribution >= 4 is 39.0 Å². The molecule has 0 atom stereocenters. The summed E-state index contributed by atoms with van der Waals surface area (Å²) in [5.74, 6) is 0.494. The van der Waals surface area contributed by atoms with Crippen LogP contribution in [0.5, 0.6) is 0 Å². The highest BCUT2D eigenvalue weighted by molar-refractivity contribution is 7.20. The van der Waals surface area contributed by atoms with E-state index in [-0.39, 0.29) is 11.7 Å². The van der Waals surface area contributed by atoms with Crippen LogP contribution in [-0.4, -0.2) is 47.0 Å². The summed E-state index contributed by atoms with van der Waals surface area (Å²) in [5, 5.41) is 3.88. The van der Waals surface area contributed by atoms with E-state index in [1.54, 1.807) is 24.8 Å². The second kappa shape index (κ2) is 9.11. The van der Waals surface area contributed by atoms with Crippen molar-refractivity contribution in [1.29, 1.82) is 0 Å². The van der Waals surface area contributed by atoms with Crippen LogP contribution in [0.15, 0.2) is 55.1 Å². The number of hydrogen-bond donors (Lipinski definition) is 1. The van der Waals surface area contributed by atoms with Crippen molar-refractivity contribution in [1.82, 2.24) is 20.3 Å². The lowest BCUT2D eigenvalue weighted by Gasteiger charge is -2.37. The van der Waals surface area contributed by atoms with Crippen LogP contribution in [0, 0.1) is 12.7 Å². The predicted molar refractivity (Wildman–Crippen MR) is 128 cm³/mol. The molecule has 1 aliphatic heterocycles. The molecule has 0 spiro atoms. The van der Waals surface area contributed by atoms with Crippen LogP contribution >= 0.6 is 11.3 Å². The van der Waals surface area contributed by atoms with Crippen LogP contribution in [-0.2, 0) is 6.54 Å². The Morgan fingerprint density at radius 2 is 1.88 bits per heavy atom. The van der Waals surface area contributed by atoms with Gasteiger partial charge in [-0.3, -0.25) is 9.78 Å². The van der Waals surface area contributed by atoms with Gasteiger partial charge in [0, 0.05) is 45.1 Å². The Bertz CT molecular complexity index is 1290. The zero-order valence-electron chi connectivity index (χ0n) is 18.2. The van der Waals surface area contributed by atoms with Crippen molar-refractivity contribution in [3.05, 3.63) is 76.9 Å². The minimum Gasteiger partial charge on any atom is -0.366 e. The molecule has 1 fully saturated rings.